The number of ketones is 1. The number of nitrogens with one attached hydrogen (secondary N) is 2. The molecule has 3 aromatic rings. The number of nitrogens with zero attached hydrogens (tertiary/aromatic N) is 1. The van der Waals surface area contributed by atoms with Gasteiger partial charge >= 0.3 is 17.9 Å². The van der Waals surface area contributed by atoms with Gasteiger partial charge in [0.15, 0.2) is 11.5 Å². The van der Waals surface area contributed by atoms with Crippen LogP contribution in [0.25, 0.3) is 17.2 Å². The second-order valence-electron chi connectivity index (χ2n) is 14.2. The monoisotopic (exact) mass is 782 g/mol. The Morgan fingerprint density at radius 2 is 1.72 bits per heavy atom. The molecular weight excluding hydrogens is 729 g/mol. The van der Waals surface area contributed by atoms with Crippen LogP contribution in [0.1, 0.15) is 120 Å². The topological polar surface area (TPSA) is 197 Å². The van der Waals surface area contributed by atoms with Crippen LogP contribution < -0.4 is 15.8 Å². The number of aromatic nitrogens is 1. The standard InChI is InChI=1S/C44H54N4O9/c1-6-9-10-11-20-55-39(50)24-35(45)31-16-14-28(15-17-31)21-37(49)34-22-30(8-3)38(54-5)23-33(34)32-18-19-36(42(51)47-25-29-12-13-29)48-41(32)44(53)57-26-56-43(52)40(46)27(4)7-2/h8,14-19,22-23,27,29,40,45H,3,6-7,9-13,20-21,24-26,46H2,1-2,4-5H3,(H,47,51)/t27?,40-/m0/s1. The molecule has 4 N–H and O–H groups in total. The van der Waals surface area contributed by atoms with Gasteiger partial charge < -0.3 is 35.4 Å². The highest BCUT2D eigenvalue weighted by Crippen LogP contribution is 2.35. The van der Waals surface area contributed by atoms with Gasteiger partial charge in [0.2, 0.25) is 6.79 Å². The van der Waals surface area contributed by atoms with Crippen molar-refractivity contribution in [1.82, 2.24) is 10.3 Å². The molecule has 1 aliphatic carbocycles. The Labute approximate surface area is 334 Å². The lowest BCUT2D eigenvalue weighted by atomic mass is 9.90. The maximum absolute atomic E-state index is 14.2. The zero-order valence-corrected chi connectivity index (χ0v) is 33.3. The lowest BCUT2D eigenvalue weighted by Gasteiger charge is -2.18. The zero-order valence-electron chi connectivity index (χ0n) is 33.3. The number of nitrogens with two attached hydrogens (primary N) is 1. The van der Waals surface area contributed by atoms with E-state index < -0.39 is 36.6 Å². The number of carbonyl (C=O) groups excluding carboxylic acids is 5. The van der Waals surface area contributed by atoms with Gasteiger partial charge in [0.1, 0.15) is 17.5 Å². The number of hydrogen-bond donors (Lipinski definition) is 3. The van der Waals surface area contributed by atoms with Gasteiger partial charge in [-0.25, -0.2) is 9.78 Å². The number of pyridine rings is 1. The quantitative estimate of drug-likeness (QED) is 0.0298. The summed E-state index contributed by atoms with van der Waals surface area (Å²) in [6.07, 6.45) is 7.91. The van der Waals surface area contributed by atoms with E-state index in [1.807, 2.05) is 6.92 Å². The Morgan fingerprint density at radius 1 is 0.982 bits per heavy atom. The molecule has 2 aromatic carbocycles. The summed E-state index contributed by atoms with van der Waals surface area (Å²) in [5.74, 6) is -2.43. The smallest absolute Gasteiger partial charge is 0.360 e. The van der Waals surface area contributed by atoms with Gasteiger partial charge in [-0.05, 0) is 72.1 Å². The van der Waals surface area contributed by atoms with Crippen LogP contribution in [0.3, 0.4) is 0 Å². The SMILES string of the molecule is C=Cc1cc(C(=O)Cc2ccc(C(=N)CC(=O)OCCCCCC)cc2)c(-c2ccc(C(=O)NCC3CC3)nc2C(=O)OCOC(=O)[C@@H](N)C(C)CC)cc1OC. The molecular formula is C44H54N4O9. The van der Waals surface area contributed by atoms with Gasteiger partial charge in [-0.15, -0.1) is 0 Å². The van der Waals surface area contributed by atoms with Crippen LogP contribution in [-0.2, 0) is 30.2 Å². The highest BCUT2D eigenvalue weighted by atomic mass is 16.7. The fourth-order valence-corrected chi connectivity index (χ4v) is 5.90. The molecule has 0 aliphatic heterocycles. The van der Waals surface area contributed by atoms with E-state index in [1.54, 1.807) is 43.3 Å². The number of benzene rings is 2. The molecule has 0 bridgehead atoms. The fraction of sp³-hybridized carbons (Fsp3) is 0.432. The number of rotatable bonds is 23. The normalized spacial score (nSPS) is 13.1. The van der Waals surface area contributed by atoms with Crippen LogP contribution in [0.2, 0.25) is 0 Å². The van der Waals surface area contributed by atoms with Crippen LogP contribution >= 0.6 is 0 Å². The van der Waals surface area contributed by atoms with E-state index in [9.17, 15) is 24.0 Å². The molecule has 1 aromatic heterocycles. The molecule has 1 heterocycles. The molecule has 1 amide bonds. The van der Waals surface area contributed by atoms with Crippen LogP contribution in [-0.4, -0.2) is 73.4 Å². The lowest BCUT2D eigenvalue weighted by molar-refractivity contribution is -0.155. The van der Waals surface area contributed by atoms with Gasteiger partial charge in [0.05, 0.1) is 20.1 Å². The van der Waals surface area contributed by atoms with Crippen LogP contribution in [0.4, 0.5) is 0 Å². The number of methoxy groups -OCH3 is 1. The van der Waals surface area contributed by atoms with Gasteiger partial charge in [0.25, 0.3) is 5.91 Å². The summed E-state index contributed by atoms with van der Waals surface area (Å²) >= 11 is 0. The third-order valence-electron chi connectivity index (χ3n) is 9.92. The molecule has 1 saturated carbocycles. The van der Waals surface area contributed by atoms with E-state index in [-0.39, 0.29) is 58.3 Å². The number of hydrogen-bond acceptors (Lipinski definition) is 12. The third-order valence-corrected chi connectivity index (χ3v) is 9.92. The minimum absolute atomic E-state index is 0.0458. The first kappa shape index (κ1) is 44.0. The Balaban J connectivity index is 1.61. The third kappa shape index (κ3) is 12.7. The van der Waals surface area contributed by atoms with Crippen LogP contribution in [0.5, 0.6) is 5.75 Å². The van der Waals surface area contributed by atoms with Crippen molar-refractivity contribution in [3.05, 3.63) is 88.8 Å². The first-order chi connectivity index (χ1) is 27.4. The van der Waals surface area contributed by atoms with E-state index in [4.69, 9.17) is 30.1 Å². The van der Waals surface area contributed by atoms with Crippen LogP contribution in [0, 0.1) is 17.2 Å². The van der Waals surface area contributed by atoms with Crippen LogP contribution in [0.15, 0.2) is 55.1 Å². The molecule has 13 heteroatoms. The number of amides is 1. The zero-order chi connectivity index (χ0) is 41.5. The number of unbranched alkanes of at least 4 members (excludes halogenated alkanes) is 3. The molecule has 1 fully saturated rings. The largest absolute Gasteiger partial charge is 0.496 e. The van der Waals surface area contributed by atoms with E-state index in [0.717, 1.165) is 38.5 Å². The van der Waals surface area contributed by atoms with Crippen molar-refractivity contribution in [2.45, 2.75) is 84.6 Å². The lowest BCUT2D eigenvalue weighted by Crippen LogP contribution is -2.38. The second kappa shape index (κ2) is 21.6. The number of ether oxygens (including phenoxy) is 4. The molecule has 0 spiro atoms. The minimum atomic E-state index is -1.00. The summed E-state index contributed by atoms with van der Waals surface area (Å²) in [6.45, 7) is 9.71. The molecule has 4 rings (SSSR count). The number of esters is 3. The van der Waals surface area contributed by atoms with Gasteiger partial charge in [0, 0.05) is 35.4 Å². The number of carbonyl (C=O) groups is 5. The maximum Gasteiger partial charge on any atom is 0.360 e. The van der Waals surface area contributed by atoms with Gasteiger partial charge in [-0.2, -0.15) is 0 Å². The van der Waals surface area contributed by atoms with E-state index in [1.165, 1.54) is 25.3 Å². The molecule has 304 valence electrons. The Kier molecular flexibility index (Phi) is 16.7. The first-order valence-corrected chi connectivity index (χ1v) is 19.5. The number of Topliss-reactive ketones (excluding diaryl/α,β-unsaturated/α-hetero) is 1. The van der Waals surface area contributed by atoms with E-state index >= 15 is 0 Å². The molecule has 2 atom stereocenters. The summed E-state index contributed by atoms with van der Waals surface area (Å²) in [7, 11) is 1.46. The predicted molar refractivity (Wildman–Crippen MR) is 216 cm³/mol. The van der Waals surface area contributed by atoms with Crippen molar-refractivity contribution in [3.8, 4) is 16.9 Å². The molecule has 13 nitrogen and oxygen atoms in total. The first-order valence-electron chi connectivity index (χ1n) is 19.5. The molecule has 57 heavy (non-hydrogen) atoms. The Hall–Kier alpha value is -5.69. The van der Waals surface area contributed by atoms with Crippen molar-refractivity contribution in [1.29, 1.82) is 5.41 Å². The average molecular weight is 783 g/mol. The van der Waals surface area contributed by atoms with Crippen molar-refractivity contribution in [2.75, 3.05) is 27.1 Å². The van der Waals surface area contributed by atoms with Crippen molar-refractivity contribution in [3.63, 3.8) is 0 Å². The summed E-state index contributed by atoms with van der Waals surface area (Å²) in [4.78, 5) is 70.1. The van der Waals surface area contributed by atoms with Crippen molar-refractivity contribution < 1.29 is 42.9 Å². The Morgan fingerprint density at radius 3 is 2.37 bits per heavy atom. The second-order valence-corrected chi connectivity index (χ2v) is 14.2. The van der Waals surface area contributed by atoms with Crippen molar-refractivity contribution >= 4 is 41.4 Å². The molecule has 1 aliphatic rings. The predicted octanol–water partition coefficient (Wildman–Crippen LogP) is 6.88. The molecule has 0 radical (unpaired) electrons. The maximum atomic E-state index is 14.2. The average Bonchev–Trinajstić information content (AvgIpc) is 4.06. The summed E-state index contributed by atoms with van der Waals surface area (Å²) < 4.78 is 21.4. The molecule has 1 unspecified atom stereocenters. The Bertz CT molecular complexity index is 1940. The van der Waals surface area contributed by atoms with E-state index in [2.05, 4.69) is 23.8 Å². The summed E-state index contributed by atoms with van der Waals surface area (Å²) in [5.41, 5.74) is 8.06. The summed E-state index contributed by atoms with van der Waals surface area (Å²) in [5, 5.41) is 11.3. The highest BCUT2D eigenvalue weighted by Gasteiger charge is 2.27. The van der Waals surface area contributed by atoms with Gasteiger partial charge in [-0.1, -0.05) is 83.4 Å². The van der Waals surface area contributed by atoms with Crippen molar-refractivity contribution in [2.24, 2.45) is 17.6 Å². The summed E-state index contributed by atoms with van der Waals surface area (Å²) in [6, 6.07) is 12.0. The highest BCUT2D eigenvalue weighted by molar-refractivity contribution is 6.09. The van der Waals surface area contributed by atoms with Gasteiger partial charge in [-0.3, -0.25) is 19.2 Å². The minimum Gasteiger partial charge on any atom is -0.496 e. The van der Waals surface area contributed by atoms with E-state index in [0.29, 0.717) is 47.9 Å². The fourth-order valence-electron chi connectivity index (χ4n) is 5.90. The molecule has 0 saturated heterocycles.